The number of anilines is 1. The number of guanidine groups is 1. The molecular weight excluding hydrogens is 566 g/mol. The SMILES string of the molecule is CCCC1(CC(C)C(C)Cc2cnco2)C(C)(c2cc(NC(=O)c3ccc(F)cn3)ccc2F)N=C(N)N(C)S1(=O)=O. The molecule has 3 heterocycles. The Balaban J connectivity index is 1.82. The lowest BCUT2D eigenvalue weighted by atomic mass is 9.70. The molecule has 2 aromatic heterocycles. The molecular formula is C29H36F2N6O4S. The zero-order valence-electron chi connectivity index (χ0n) is 24.3. The van der Waals surface area contributed by atoms with Gasteiger partial charge in [0.2, 0.25) is 16.0 Å². The van der Waals surface area contributed by atoms with Crippen LogP contribution in [0.4, 0.5) is 14.5 Å². The van der Waals surface area contributed by atoms with Gasteiger partial charge in [-0.3, -0.25) is 4.79 Å². The van der Waals surface area contributed by atoms with Crippen LogP contribution in [0, 0.1) is 23.5 Å². The van der Waals surface area contributed by atoms with Crippen LogP contribution in [0.15, 0.2) is 58.5 Å². The zero-order valence-corrected chi connectivity index (χ0v) is 25.1. The van der Waals surface area contributed by atoms with E-state index >= 15 is 4.39 Å². The number of carbonyl (C=O) groups is 1. The van der Waals surface area contributed by atoms with Crippen LogP contribution in [0.5, 0.6) is 0 Å². The Morgan fingerprint density at radius 3 is 2.52 bits per heavy atom. The molecule has 4 unspecified atom stereocenters. The third kappa shape index (κ3) is 5.49. The Labute approximate surface area is 244 Å². The highest BCUT2D eigenvalue weighted by Gasteiger charge is 2.63. The normalized spacial score (nSPS) is 23.2. The van der Waals surface area contributed by atoms with Gasteiger partial charge in [0.15, 0.2) is 6.39 Å². The number of aliphatic imine (C=N–C) groups is 1. The molecule has 1 aliphatic rings. The number of halogens is 2. The number of hydrogen-bond acceptors (Lipinski definition) is 8. The summed E-state index contributed by atoms with van der Waals surface area (Å²) in [4.78, 5) is 25.2. The molecule has 4 rings (SSSR count). The lowest BCUT2D eigenvalue weighted by Gasteiger charge is -2.52. The molecule has 0 spiro atoms. The van der Waals surface area contributed by atoms with E-state index in [9.17, 15) is 17.6 Å². The maximum atomic E-state index is 15.8. The van der Waals surface area contributed by atoms with Crippen LogP contribution in [0.3, 0.4) is 0 Å². The average molecular weight is 603 g/mol. The first kappa shape index (κ1) is 31.1. The summed E-state index contributed by atoms with van der Waals surface area (Å²) in [5, 5.41) is 2.64. The molecule has 0 radical (unpaired) electrons. The van der Waals surface area contributed by atoms with E-state index in [-0.39, 0.29) is 47.6 Å². The van der Waals surface area contributed by atoms with Gasteiger partial charge in [-0.1, -0.05) is 27.2 Å². The second-order valence-electron chi connectivity index (χ2n) is 11.1. The number of nitrogens with one attached hydrogen (secondary N) is 1. The predicted octanol–water partition coefficient (Wildman–Crippen LogP) is 4.85. The minimum Gasteiger partial charge on any atom is -0.449 e. The van der Waals surface area contributed by atoms with Crippen LogP contribution in [0.25, 0.3) is 0 Å². The van der Waals surface area contributed by atoms with Gasteiger partial charge < -0.3 is 15.5 Å². The van der Waals surface area contributed by atoms with Crippen molar-refractivity contribution in [1.82, 2.24) is 14.3 Å². The molecule has 1 amide bonds. The van der Waals surface area contributed by atoms with Crippen molar-refractivity contribution in [2.24, 2.45) is 22.6 Å². The predicted molar refractivity (Wildman–Crippen MR) is 155 cm³/mol. The van der Waals surface area contributed by atoms with Gasteiger partial charge in [0, 0.05) is 24.7 Å². The molecule has 10 nitrogen and oxygen atoms in total. The van der Waals surface area contributed by atoms with Crippen molar-refractivity contribution in [1.29, 1.82) is 0 Å². The van der Waals surface area contributed by atoms with E-state index in [1.807, 2.05) is 20.8 Å². The number of nitrogens with two attached hydrogens (primary N) is 1. The van der Waals surface area contributed by atoms with Gasteiger partial charge in [0.1, 0.15) is 33.4 Å². The molecule has 4 atom stereocenters. The largest absolute Gasteiger partial charge is 0.449 e. The fourth-order valence-corrected chi connectivity index (χ4v) is 8.19. The number of hydrogen-bond donors (Lipinski definition) is 2. The van der Waals surface area contributed by atoms with Crippen LogP contribution in [0.1, 0.15) is 68.8 Å². The number of benzene rings is 1. The Morgan fingerprint density at radius 1 is 1.17 bits per heavy atom. The standard InChI is InChI=1S/C29H36F2N6O4S/c1-6-11-29(14-19(3)18(2)12-22-16-33-17-41-22)28(4,36-27(32)37(5)42(29,39)40)23-13-21(8-9-24(23)31)35-26(38)25-10-7-20(30)15-34-25/h7-10,13,15-19H,6,11-12,14H2,1-5H3,(H2,32,36)(H,35,38). The molecule has 1 aromatic carbocycles. The topological polar surface area (TPSA) is 144 Å². The van der Waals surface area contributed by atoms with Crippen molar-refractivity contribution in [3.8, 4) is 0 Å². The molecule has 0 fully saturated rings. The third-order valence-electron chi connectivity index (χ3n) is 8.39. The summed E-state index contributed by atoms with van der Waals surface area (Å²) < 4.78 is 62.7. The van der Waals surface area contributed by atoms with Crippen LogP contribution in [0.2, 0.25) is 0 Å². The molecule has 0 aliphatic carbocycles. The third-order valence-corrected chi connectivity index (χ3v) is 11.1. The molecule has 3 N–H and O–H groups in total. The summed E-state index contributed by atoms with van der Waals surface area (Å²) >= 11 is 0. The molecule has 42 heavy (non-hydrogen) atoms. The number of nitrogens with zero attached hydrogens (tertiary/aromatic N) is 4. The minimum absolute atomic E-state index is 0.0154. The number of oxazole rings is 1. The number of amides is 1. The van der Waals surface area contributed by atoms with Gasteiger partial charge in [0.05, 0.1) is 12.4 Å². The number of pyridine rings is 1. The van der Waals surface area contributed by atoms with E-state index in [4.69, 9.17) is 10.2 Å². The zero-order chi connectivity index (χ0) is 30.9. The van der Waals surface area contributed by atoms with E-state index in [0.717, 1.165) is 22.6 Å². The summed E-state index contributed by atoms with van der Waals surface area (Å²) in [5.41, 5.74) is 4.60. The van der Waals surface area contributed by atoms with Crippen LogP contribution in [-0.2, 0) is 22.0 Å². The summed E-state index contributed by atoms with van der Waals surface area (Å²) in [7, 11) is -2.83. The van der Waals surface area contributed by atoms with Crippen LogP contribution in [-0.4, -0.2) is 46.4 Å². The highest BCUT2D eigenvalue weighted by atomic mass is 32.2. The highest BCUT2D eigenvalue weighted by molar-refractivity contribution is 7.91. The molecule has 0 saturated heterocycles. The fraction of sp³-hybridized carbons (Fsp3) is 0.448. The molecule has 3 aromatic rings. The monoisotopic (exact) mass is 602 g/mol. The van der Waals surface area contributed by atoms with E-state index < -0.39 is 37.9 Å². The van der Waals surface area contributed by atoms with Crippen molar-refractivity contribution in [2.45, 2.75) is 63.7 Å². The quantitative estimate of drug-likeness (QED) is 0.338. The number of sulfonamides is 1. The van der Waals surface area contributed by atoms with Gasteiger partial charge in [-0.25, -0.2) is 36.5 Å². The summed E-state index contributed by atoms with van der Waals surface area (Å²) in [6, 6.07) is 6.20. The van der Waals surface area contributed by atoms with Gasteiger partial charge in [-0.05, 0) is 61.9 Å². The number of rotatable bonds is 10. The van der Waals surface area contributed by atoms with E-state index in [1.54, 1.807) is 13.1 Å². The minimum atomic E-state index is -4.18. The van der Waals surface area contributed by atoms with Crippen molar-refractivity contribution in [3.05, 3.63) is 77.8 Å². The van der Waals surface area contributed by atoms with Gasteiger partial charge in [-0.2, -0.15) is 0 Å². The maximum Gasteiger partial charge on any atom is 0.274 e. The Morgan fingerprint density at radius 2 is 1.90 bits per heavy atom. The first-order chi connectivity index (χ1) is 19.8. The fourth-order valence-electron chi connectivity index (χ4n) is 5.79. The van der Waals surface area contributed by atoms with Crippen molar-refractivity contribution in [2.75, 3.05) is 12.4 Å². The van der Waals surface area contributed by atoms with E-state index in [2.05, 4.69) is 20.3 Å². The molecule has 0 bridgehead atoms. The first-order valence-electron chi connectivity index (χ1n) is 13.7. The van der Waals surface area contributed by atoms with E-state index in [1.165, 1.54) is 31.6 Å². The molecule has 226 valence electrons. The molecule has 13 heteroatoms. The summed E-state index contributed by atoms with van der Waals surface area (Å²) in [6.07, 6.45) is 5.21. The average Bonchev–Trinajstić information content (AvgIpc) is 3.45. The van der Waals surface area contributed by atoms with Crippen LogP contribution < -0.4 is 11.1 Å². The first-order valence-corrected chi connectivity index (χ1v) is 15.1. The Kier molecular flexibility index (Phi) is 8.72. The second kappa shape index (κ2) is 11.8. The Bertz CT molecular complexity index is 1570. The Hall–Kier alpha value is -3.87. The van der Waals surface area contributed by atoms with Gasteiger partial charge in [0.25, 0.3) is 5.91 Å². The van der Waals surface area contributed by atoms with Gasteiger partial charge in [-0.15, -0.1) is 0 Å². The number of aromatic nitrogens is 2. The second-order valence-corrected chi connectivity index (χ2v) is 13.4. The van der Waals surface area contributed by atoms with Crippen LogP contribution >= 0.6 is 0 Å². The molecule has 0 saturated carbocycles. The lowest BCUT2D eigenvalue weighted by Crippen LogP contribution is -2.65. The summed E-state index contributed by atoms with van der Waals surface area (Å²) in [5.74, 6) is -1.72. The summed E-state index contributed by atoms with van der Waals surface area (Å²) in [6.45, 7) is 7.41. The highest BCUT2D eigenvalue weighted by Crippen LogP contribution is 2.53. The maximum absolute atomic E-state index is 15.8. The van der Waals surface area contributed by atoms with E-state index in [0.29, 0.717) is 18.6 Å². The smallest absolute Gasteiger partial charge is 0.274 e. The van der Waals surface area contributed by atoms with Crippen molar-refractivity contribution in [3.63, 3.8) is 0 Å². The lowest BCUT2D eigenvalue weighted by molar-refractivity contribution is 0.102. The van der Waals surface area contributed by atoms with Crippen molar-refractivity contribution >= 4 is 27.6 Å². The van der Waals surface area contributed by atoms with Crippen molar-refractivity contribution < 1.29 is 26.4 Å². The molecule has 1 aliphatic heterocycles. The van der Waals surface area contributed by atoms with Gasteiger partial charge >= 0.3 is 0 Å². The number of carbonyl (C=O) groups excluding carboxylic acids is 1.